The van der Waals surface area contributed by atoms with Gasteiger partial charge in [-0.15, -0.1) is 0 Å². The van der Waals surface area contributed by atoms with Gasteiger partial charge in [0.2, 0.25) is 0 Å². The van der Waals surface area contributed by atoms with Gasteiger partial charge in [-0.25, -0.2) is 0 Å². The van der Waals surface area contributed by atoms with Crippen LogP contribution in [0.1, 0.15) is 13.8 Å². The second-order valence-corrected chi connectivity index (χ2v) is 7.60. The number of hydrogen-bond acceptors (Lipinski definition) is 2. The second-order valence-electron chi connectivity index (χ2n) is 3.91. The summed E-state index contributed by atoms with van der Waals surface area (Å²) in [5.41, 5.74) is 0. The predicted octanol–water partition coefficient (Wildman–Crippen LogP) is 2.50. The molecule has 0 aromatic rings. The highest BCUT2D eigenvalue weighted by Gasteiger charge is 2.63. The number of alkyl halides is 2. The van der Waals surface area contributed by atoms with Gasteiger partial charge in [0, 0.05) is 11.8 Å². The van der Waals surface area contributed by atoms with Crippen LogP contribution in [-0.2, 0) is 9.47 Å². The summed E-state index contributed by atoms with van der Waals surface area (Å²) >= 11 is 7.22. The van der Waals surface area contributed by atoms with Crippen molar-refractivity contribution < 1.29 is 9.47 Å². The maximum atomic E-state index is 5.60. The molecule has 2 fully saturated rings. The van der Waals surface area contributed by atoms with Gasteiger partial charge >= 0.3 is 0 Å². The Bertz CT molecular complexity index is 183. The van der Waals surface area contributed by atoms with Crippen molar-refractivity contribution in [2.45, 2.75) is 22.9 Å². The van der Waals surface area contributed by atoms with E-state index in [1.807, 2.05) is 13.8 Å². The third kappa shape index (κ3) is 1.47. The molecule has 0 aromatic carbocycles. The first-order valence-electron chi connectivity index (χ1n) is 4.09. The van der Waals surface area contributed by atoms with Crippen LogP contribution in [0.25, 0.3) is 0 Å². The molecule has 2 unspecified atom stereocenters. The molecule has 70 valence electrons. The van der Waals surface area contributed by atoms with Gasteiger partial charge in [0.15, 0.2) is 5.79 Å². The molecule has 0 N–H and O–H groups in total. The molecule has 0 spiro atoms. The Morgan fingerprint density at radius 1 is 1.08 bits per heavy atom. The first kappa shape index (κ1) is 9.44. The molecular formula is C8H12Br2O2. The van der Waals surface area contributed by atoms with Crippen molar-refractivity contribution in [2.75, 3.05) is 13.2 Å². The first-order valence-corrected chi connectivity index (χ1v) is 5.68. The normalized spacial score (nSPS) is 43.0. The molecule has 1 heterocycles. The van der Waals surface area contributed by atoms with Crippen molar-refractivity contribution >= 4 is 31.9 Å². The van der Waals surface area contributed by atoms with E-state index in [0.29, 0.717) is 11.8 Å². The summed E-state index contributed by atoms with van der Waals surface area (Å²) in [4.78, 5) is 0. The molecule has 2 aliphatic rings. The van der Waals surface area contributed by atoms with Gasteiger partial charge in [0.25, 0.3) is 0 Å². The van der Waals surface area contributed by atoms with Crippen LogP contribution in [0, 0.1) is 11.8 Å². The molecule has 2 atom stereocenters. The van der Waals surface area contributed by atoms with Gasteiger partial charge in [0.05, 0.1) is 16.4 Å². The summed E-state index contributed by atoms with van der Waals surface area (Å²) in [6.45, 7) is 5.46. The highest BCUT2D eigenvalue weighted by molar-refractivity contribution is 9.25. The maximum Gasteiger partial charge on any atom is 0.162 e. The Labute approximate surface area is 89.2 Å². The zero-order valence-corrected chi connectivity index (χ0v) is 10.3. The van der Waals surface area contributed by atoms with E-state index in [9.17, 15) is 0 Å². The quantitative estimate of drug-likeness (QED) is 0.640. The molecule has 12 heavy (non-hydrogen) atoms. The minimum atomic E-state index is -0.399. The van der Waals surface area contributed by atoms with Crippen LogP contribution in [0.4, 0.5) is 0 Å². The molecule has 1 aliphatic heterocycles. The van der Waals surface area contributed by atoms with Crippen molar-refractivity contribution in [1.29, 1.82) is 0 Å². The largest absolute Gasteiger partial charge is 0.350 e. The molecule has 2 rings (SSSR count). The van der Waals surface area contributed by atoms with Crippen LogP contribution in [-0.4, -0.2) is 22.2 Å². The van der Waals surface area contributed by atoms with Gasteiger partial charge in [-0.05, 0) is 13.8 Å². The van der Waals surface area contributed by atoms with Crippen LogP contribution in [0.5, 0.6) is 0 Å². The Balaban J connectivity index is 2.01. The number of ether oxygens (including phenoxy) is 2. The van der Waals surface area contributed by atoms with E-state index in [1.54, 1.807) is 0 Å². The summed E-state index contributed by atoms with van der Waals surface area (Å²) in [6.07, 6.45) is 0. The lowest BCUT2D eigenvalue weighted by molar-refractivity contribution is -0.205. The molecule has 0 aromatic heterocycles. The first-order chi connectivity index (χ1) is 5.43. The van der Waals surface area contributed by atoms with E-state index in [4.69, 9.17) is 9.47 Å². The number of fused-ring (bicyclic) bond motifs is 1. The molecule has 1 saturated carbocycles. The van der Waals surface area contributed by atoms with E-state index in [-0.39, 0.29) is 3.23 Å². The Morgan fingerprint density at radius 2 is 1.50 bits per heavy atom. The molecule has 0 radical (unpaired) electrons. The maximum absolute atomic E-state index is 5.60. The van der Waals surface area contributed by atoms with Gasteiger partial charge in [0.1, 0.15) is 0 Å². The van der Waals surface area contributed by atoms with Crippen molar-refractivity contribution in [3.63, 3.8) is 0 Å². The van der Waals surface area contributed by atoms with E-state index < -0.39 is 5.79 Å². The Morgan fingerprint density at radius 3 is 1.92 bits per heavy atom. The third-order valence-corrected chi connectivity index (χ3v) is 4.94. The van der Waals surface area contributed by atoms with Crippen molar-refractivity contribution in [1.82, 2.24) is 0 Å². The number of halogens is 2. The molecular weight excluding hydrogens is 288 g/mol. The minimum absolute atomic E-state index is 0.0799. The molecule has 0 bridgehead atoms. The SMILES string of the molecule is CC1(C)OCC2C(CO1)C2(Br)Br. The van der Waals surface area contributed by atoms with Crippen molar-refractivity contribution in [3.05, 3.63) is 0 Å². The molecule has 1 saturated heterocycles. The van der Waals surface area contributed by atoms with E-state index in [2.05, 4.69) is 31.9 Å². The molecule has 2 nitrogen and oxygen atoms in total. The van der Waals surface area contributed by atoms with E-state index >= 15 is 0 Å². The lowest BCUT2D eigenvalue weighted by Gasteiger charge is -2.24. The summed E-state index contributed by atoms with van der Waals surface area (Å²) in [5.74, 6) is 0.710. The lowest BCUT2D eigenvalue weighted by atomic mass is 10.3. The number of rotatable bonds is 0. The standard InChI is InChI=1S/C8H12Br2O2/c1-7(2)11-3-5-6(4-12-7)8(5,9)10/h5-6H,3-4H2,1-2H3. The van der Waals surface area contributed by atoms with Crippen LogP contribution < -0.4 is 0 Å². The van der Waals surface area contributed by atoms with Crippen LogP contribution in [0.15, 0.2) is 0 Å². The topological polar surface area (TPSA) is 18.5 Å². The summed E-state index contributed by atoms with van der Waals surface area (Å²) in [7, 11) is 0. The zero-order valence-electron chi connectivity index (χ0n) is 7.14. The van der Waals surface area contributed by atoms with Crippen LogP contribution >= 0.6 is 31.9 Å². The zero-order chi connectivity index (χ0) is 8.98. The van der Waals surface area contributed by atoms with Crippen molar-refractivity contribution in [3.8, 4) is 0 Å². The smallest absolute Gasteiger partial charge is 0.162 e. The van der Waals surface area contributed by atoms with Gasteiger partial charge in [-0.2, -0.15) is 0 Å². The summed E-state index contributed by atoms with van der Waals surface area (Å²) in [6, 6.07) is 0. The fraction of sp³-hybridized carbons (Fsp3) is 1.00. The summed E-state index contributed by atoms with van der Waals surface area (Å²) in [5, 5.41) is 0. The molecule has 4 heteroatoms. The third-order valence-electron chi connectivity index (χ3n) is 2.59. The van der Waals surface area contributed by atoms with Gasteiger partial charge in [-0.3, -0.25) is 0 Å². The van der Waals surface area contributed by atoms with Gasteiger partial charge in [-0.1, -0.05) is 31.9 Å². The lowest BCUT2D eigenvalue weighted by Crippen LogP contribution is -2.29. The average Bonchev–Trinajstić information content (AvgIpc) is 2.49. The Kier molecular flexibility index (Phi) is 2.11. The monoisotopic (exact) mass is 298 g/mol. The predicted molar refractivity (Wildman–Crippen MR) is 53.5 cm³/mol. The van der Waals surface area contributed by atoms with Crippen molar-refractivity contribution in [2.24, 2.45) is 11.8 Å². The van der Waals surface area contributed by atoms with E-state index in [0.717, 1.165) is 13.2 Å². The van der Waals surface area contributed by atoms with E-state index in [1.165, 1.54) is 0 Å². The molecule has 0 amide bonds. The van der Waals surface area contributed by atoms with Crippen LogP contribution in [0.2, 0.25) is 0 Å². The average molecular weight is 300 g/mol. The fourth-order valence-electron chi connectivity index (χ4n) is 1.54. The fourth-order valence-corrected chi connectivity index (χ4v) is 3.08. The summed E-state index contributed by atoms with van der Waals surface area (Å²) < 4.78 is 11.3. The second kappa shape index (κ2) is 2.69. The van der Waals surface area contributed by atoms with Crippen LogP contribution in [0.3, 0.4) is 0 Å². The highest BCUT2D eigenvalue weighted by Crippen LogP contribution is 2.63. The number of hydrogen-bond donors (Lipinski definition) is 0. The minimum Gasteiger partial charge on any atom is -0.350 e. The highest BCUT2D eigenvalue weighted by atomic mass is 79.9. The molecule has 1 aliphatic carbocycles. The van der Waals surface area contributed by atoms with Gasteiger partial charge < -0.3 is 9.47 Å². The Hall–Kier alpha value is 0.880.